The third-order valence-corrected chi connectivity index (χ3v) is 4.96. The normalized spacial score (nSPS) is 11.4. The van der Waals surface area contributed by atoms with E-state index in [1.54, 1.807) is 37.4 Å². The molecular formula is C16H15N3O6S. The highest BCUT2D eigenvalue weighted by Gasteiger charge is 2.19. The number of methoxy groups -OCH3 is 1. The standard InChI is InChI=1S/C16H15N3O6S/c1-24-11-4-2-10(3-5-11)14-6-12(25-19-14)8-18-26(22,23)13-7-15(16(20)21)17-9-13/h2-7,9,17-18H,8H2,1H3,(H,20,21). The van der Waals surface area contributed by atoms with Gasteiger partial charge in [-0.25, -0.2) is 17.9 Å². The van der Waals surface area contributed by atoms with E-state index in [4.69, 9.17) is 14.4 Å². The molecule has 0 spiro atoms. The zero-order valence-electron chi connectivity index (χ0n) is 13.6. The molecule has 1 aromatic carbocycles. The summed E-state index contributed by atoms with van der Waals surface area (Å²) < 4.78 is 36.9. The molecule has 3 aromatic rings. The summed E-state index contributed by atoms with van der Waals surface area (Å²) in [5, 5.41) is 12.7. The van der Waals surface area contributed by atoms with Crippen LogP contribution in [-0.2, 0) is 16.6 Å². The van der Waals surface area contributed by atoms with E-state index in [-0.39, 0.29) is 17.1 Å². The van der Waals surface area contributed by atoms with Gasteiger partial charge in [0.05, 0.1) is 13.7 Å². The van der Waals surface area contributed by atoms with Crippen LogP contribution in [0, 0.1) is 0 Å². The summed E-state index contributed by atoms with van der Waals surface area (Å²) in [7, 11) is -2.32. The molecule has 0 unspecified atom stereocenters. The number of aromatic nitrogens is 2. The molecule has 136 valence electrons. The van der Waals surface area contributed by atoms with Crippen molar-refractivity contribution in [2.24, 2.45) is 0 Å². The summed E-state index contributed by atoms with van der Waals surface area (Å²) in [6, 6.07) is 9.81. The summed E-state index contributed by atoms with van der Waals surface area (Å²) in [6.45, 7) is -0.126. The second-order valence-electron chi connectivity index (χ2n) is 5.29. The molecule has 2 heterocycles. The highest BCUT2D eigenvalue weighted by atomic mass is 32.2. The quantitative estimate of drug-likeness (QED) is 0.572. The number of H-pyrrole nitrogens is 1. The highest BCUT2D eigenvalue weighted by Crippen LogP contribution is 2.22. The number of hydrogen-bond donors (Lipinski definition) is 3. The van der Waals surface area contributed by atoms with E-state index in [1.165, 1.54) is 0 Å². The maximum Gasteiger partial charge on any atom is 0.352 e. The van der Waals surface area contributed by atoms with Crippen molar-refractivity contribution in [2.75, 3.05) is 7.11 Å². The first kappa shape index (κ1) is 17.7. The van der Waals surface area contributed by atoms with Crippen molar-refractivity contribution >= 4 is 16.0 Å². The van der Waals surface area contributed by atoms with Gasteiger partial charge in [-0.3, -0.25) is 0 Å². The van der Waals surface area contributed by atoms with Gasteiger partial charge >= 0.3 is 5.97 Å². The number of sulfonamides is 1. The number of benzene rings is 1. The Kier molecular flexibility index (Phi) is 4.78. The van der Waals surface area contributed by atoms with Crippen molar-refractivity contribution in [3.8, 4) is 17.0 Å². The molecule has 0 aliphatic rings. The molecule has 3 N–H and O–H groups in total. The van der Waals surface area contributed by atoms with Crippen molar-refractivity contribution in [1.82, 2.24) is 14.9 Å². The minimum atomic E-state index is -3.88. The van der Waals surface area contributed by atoms with Gasteiger partial charge in [0.2, 0.25) is 10.0 Å². The lowest BCUT2D eigenvalue weighted by atomic mass is 10.1. The summed E-state index contributed by atoms with van der Waals surface area (Å²) in [6.07, 6.45) is 1.11. The maximum absolute atomic E-state index is 12.2. The van der Waals surface area contributed by atoms with E-state index >= 15 is 0 Å². The third-order valence-electron chi connectivity index (χ3n) is 3.58. The van der Waals surface area contributed by atoms with Gasteiger partial charge in [0.1, 0.15) is 22.0 Å². The predicted octanol–water partition coefficient (Wildman–Crippen LogP) is 1.85. The van der Waals surface area contributed by atoms with E-state index in [0.717, 1.165) is 17.8 Å². The number of hydrogen-bond acceptors (Lipinski definition) is 6. The number of nitrogens with one attached hydrogen (secondary N) is 2. The molecule has 0 saturated carbocycles. The van der Waals surface area contributed by atoms with Crippen LogP contribution < -0.4 is 9.46 Å². The Morgan fingerprint density at radius 1 is 1.31 bits per heavy atom. The van der Waals surface area contributed by atoms with Gasteiger partial charge in [0.25, 0.3) is 0 Å². The molecule has 0 fully saturated rings. The van der Waals surface area contributed by atoms with Crippen LogP contribution in [-0.4, -0.2) is 36.7 Å². The van der Waals surface area contributed by atoms with Crippen LogP contribution in [0.25, 0.3) is 11.3 Å². The Balaban J connectivity index is 1.69. The Morgan fingerprint density at radius 3 is 2.65 bits per heavy atom. The molecule has 26 heavy (non-hydrogen) atoms. The summed E-state index contributed by atoms with van der Waals surface area (Å²) >= 11 is 0. The number of aromatic carboxylic acids is 1. The summed E-state index contributed by atoms with van der Waals surface area (Å²) in [4.78, 5) is 13.0. The average Bonchev–Trinajstić information content (AvgIpc) is 3.30. The number of carboxylic acid groups (broad SMARTS) is 1. The van der Waals surface area contributed by atoms with Crippen LogP contribution in [0.4, 0.5) is 0 Å². The van der Waals surface area contributed by atoms with E-state index in [0.29, 0.717) is 17.2 Å². The summed E-state index contributed by atoms with van der Waals surface area (Å²) in [5.41, 5.74) is 1.13. The van der Waals surface area contributed by atoms with E-state index in [9.17, 15) is 13.2 Å². The number of carbonyl (C=O) groups is 1. The largest absolute Gasteiger partial charge is 0.497 e. The van der Waals surface area contributed by atoms with Gasteiger partial charge in [-0.05, 0) is 30.3 Å². The second kappa shape index (κ2) is 7.02. The monoisotopic (exact) mass is 377 g/mol. The third kappa shape index (κ3) is 3.76. The Bertz CT molecular complexity index is 1020. The van der Waals surface area contributed by atoms with Crippen LogP contribution in [0.5, 0.6) is 5.75 Å². The first-order chi connectivity index (χ1) is 12.4. The van der Waals surface area contributed by atoms with Crippen LogP contribution in [0.2, 0.25) is 0 Å². The molecule has 0 radical (unpaired) electrons. The van der Waals surface area contributed by atoms with Gasteiger partial charge in [-0.1, -0.05) is 5.16 Å². The molecule has 0 amide bonds. The molecule has 3 rings (SSSR count). The molecular weight excluding hydrogens is 362 g/mol. The second-order valence-corrected chi connectivity index (χ2v) is 7.05. The Morgan fingerprint density at radius 2 is 2.04 bits per heavy atom. The van der Waals surface area contributed by atoms with Crippen molar-refractivity contribution in [3.05, 3.63) is 54.0 Å². The fourth-order valence-corrected chi connectivity index (χ4v) is 3.18. The Labute approximate surface area is 148 Å². The highest BCUT2D eigenvalue weighted by molar-refractivity contribution is 7.89. The van der Waals surface area contributed by atoms with Crippen LogP contribution in [0.15, 0.2) is 52.0 Å². The number of nitrogens with zero attached hydrogens (tertiary/aromatic N) is 1. The zero-order valence-corrected chi connectivity index (χ0v) is 14.4. The van der Waals surface area contributed by atoms with E-state index in [2.05, 4.69) is 14.9 Å². The fourth-order valence-electron chi connectivity index (χ4n) is 2.20. The molecule has 0 atom stereocenters. The molecule has 0 bridgehead atoms. The lowest BCUT2D eigenvalue weighted by molar-refractivity contribution is 0.0691. The topological polar surface area (TPSA) is 135 Å². The lowest BCUT2D eigenvalue weighted by Gasteiger charge is -2.01. The first-order valence-electron chi connectivity index (χ1n) is 7.40. The molecule has 9 nitrogen and oxygen atoms in total. The van der Waals surface area contributed by atoms with E-state index < -0.39 is 16.0 Å². The van der Waals surface area contributed by atoms with E-state index in [1.807, 2.05) is 0 Å². The van der Waals surface area contributed by atoms with Gasteiger partial charge in [-0.2, -0.15) is 0 Å². The smallest absolute Gasteiger partial charge is 0.352 e. The number of aromatic amines is 1. The molecule has 0 saturated heterocycles. The Hall–Kier alpha value is -3.11. The zero-order chi connectivity index (χ0) is 18.7. The van der Waals surface area contributed by atoms with Crippen molar-refractivity contribution < 1.29 is 27.6 Å². The number of carboxylic acids is 1. The SMILES string of the molecule is COc1ccc(-c2cc(CNS(=O)(=O)c3c[nH]c(C(=O)O)c3)on2)cc1. The van der Waals surface area contributed by atoms with Crippen LogP contribution in [0.1, 0.15) is 16.2 Å². The van der Waals surface area contributed by atoms with Gasteiger partial charge in [-0.15, -0.1) is 0 Å². The first-order valence-corrected chi connectivity index (χ1v) is 8.89. The van der Waals surface area contributed by atoms with Crippen LogP contribution >= 0.6 is 0 Å². The van der Waals surface area contributed by atoms with Crippen molar-refractivity contribution in [3.63, 3.8) is 0 Å². The van der Waals surface area contributed by atoms with Crippen LogP contribution in [0.3, 0.4) is 0 Å². The lowest BCUT2D eigenvalue weighted by Crippen LogP contribution is -2.22. The van der Waals surface area contributed by atoms with Gasteiger partial charge < -0.3 is 19.4 Å². The average molecular weight is 377 g/mol. The predicted molar refractivity (Wildman–Crippen MR) is 90.3 cm³/mol. The van der Waals surface area contributed by atoms with Gasteiger partial charge in [0, 0.05) is 17.8 Å². The van der Waals surface area contributed by atoms with Crippen molar-refractivity contribution in [1.29, 1.82) is 0 Å². The minimum absolute atomic E-state index is 0.126. The number of rotatable bonds is 7. The van der Waals surface area contributed by atoms with Crippen molar-refractivity contribution in [2.45, 2.75) is 11.4 Å². The molecule has 10 heteroatoms. The molecule has 2 aromatic heterocycles. The molecule has 0 aliphatic carbocycles. The summed E-state index contributed by atoms with van der Waals surface area (Å²) in [5.74, 6) is -0.225. The number of ether oxygens (including phenoxy) is 1. The maximum atomic E-state index is 12.2. The molecule has 0 aliphatic heterocycles. The van der Waals surface area contributed by atoms with Gasteiger partial charge in [0.15, 0.2) is 5.76 Å². The minimum Gasteiger partial charge on any atom is -0.497 e. The fraction of sp³-hybridized carbons (Fsp3) is 0.125.